The zero-order valence-electron chi connectivity index (χ0n) is 12.0. The van der Waals surface area contributed by atoms with Gasteiger partial charge in [0.2, 0.25) is 0 Å². The monoisotopic (exact) mass is 305 g/mol. The van der Waals surface area contributed by atoms with Crippen LogP contribution in [0.3, 0.4) is 0 Å². The molecule has 0 aromatic heterocycles. The second-order valence-corrected chi connectivity index (χ2v) is 6.35. The molecular weight excluding hydrogens is 286 g/mol. The third-order valence-electron chi connectivity index (χ3n) is 4.74. The van der Waals surface area contributed by atoms with Crippen LogP contribution in [-0.4, -0.2) is 23.7 Å². The van der Waals surface area contributed by atoms with E-state index in [9.17, 15) is 4.79 Å². The van der Waals surface area contributed by atoms with Crippen molar-refractivity contribution in [3.05, 3.63) is 34.9 Å². The number of hydrogen-bond acceptors (Lipinski definition) is 2. The van der Waals surface area contributed by atoms with Crippen molar-refractivity contribution in [2.45, 2.75) is 38.1 Å². The first-order valence-corrected chi connectivity index (χ1v) is 8.01. The minimum atomic E-state index is -0.946. The molecule has 1 aliphatic heterocycles. The van der Waals surface area contributed by atoms with Crippen LogP contribution in [-0.2, 0) is 4.79 Å². The van der Waals surface area contributed by atoms with E-state index in [0.717, 1.165) is 23.7 Å². The third-order valence-corrected chi connectivity index (χ3v) is 5.07. The van der Waals surface area contributed by atoms with Crippen molar-refractivity contribution in [1.29, 1.82) is 0 Å². The Bertz CT molecular complexity index is 570. The second-order valence-electron chi connectivity index (χ2n) is 5.94. The lowest BCUT2D eigenvalue weighted by molar-refractivity contribution is -0.131. The summed E-state index contributed by atoms with van der Waals surface area (Å²) in [5.74, 6) is -0.160. The van der Waals surface area contributed by atoms with E-state index in [1.165, 1.54) is 38.2 Å². The highest BCUT2D eigenvalue weighted by Crippen LogP contribution is 2.41. The topological polar surface area (TPSA) is 40.5 Å². The van der Waals surface area contributed by atoms with Crippen molar-refractivity contribution in [3.63, 3.8) is 0 Å². The van der Waals surface area contributed by atoms with Gasteiger partial charge in [0, 0.05) is 34.9 Å². The minimum Gasteiger partial charge on any atom is -0.478 e. The van der Waals surface area contributed by atoms with E-state index in [4.69, 9.17) is 16.7 Å². The summed E-state index contributed by atoms with van der Waals surface area (Å²) in [7, 11) is 0. The van der Waals surface area contributed by atoms with Gasteiger partial charge in [-0.1, -0.05) is 30.5 Å². The normalized spacial score (nSPS) is 25.3. The van der Waals surface area contributed by atoms with E-state index >= 15 is 0 Å². The van der Waals surface area contributed by atoms with Gasteiger partial charge in [-0.3, -0.25) is 0 Å². The molecule has 1 N–H and O–H groups in total. The third kappa shape index (κ3) is 2.93. The number of rotatable bonds is 3. The SMILES string of the molecule is O=C(O)/C=C/c1c(Cl)cccc1N1CCC2CCCCC21. The van der Waals surface area contributed by atoms with Crippen LogP contribution < -0.4 is 4.90 Å². The van der Waals surface area contributed by atoms with E-state index < -0.39 is 5.97 Å². The molecule has 0 spiro atoms. The highest BCUT2D eigenvalue weighted by atomic mass is 35.5. The molecule has 2 aliphatic rings. The maximum absolute atomic E-state index is 10.8. The van der Waals surface area contributed by atoms with Crippen molar-refractivity contribution in [1.82, 2.24) is 0 Å². The largest absolute Gasteiger partial charge is 0.478 e. The Morgan fingerprint density at radius 1 is 1.29 bits per heavy atom. The highest BCUT2D eigenvalue weighted by Gasteiger charge is 2.36. The van der Waals surface area contributed by atoms with Gasteiger partial charge in [0.25, 0.3) is 0 Å². The Morgan fingerprint density at radius 3 is 2.90 bits per heavy atom. The molecule has 1 saturated carbocycles. The minimum absolute atomic E-state index is 0.592. The molecule has 3 nitrogen and oxygen atoms in total. The van der Waals surface area contributed by atoms with Crippen LogP contribution in [0.5, 0.6) is 0 Å². The summed E-state index contributed by atoms with van der Waals surface area (Å²) in [4.78, 5) is 13.2. The molecule has 4 heteroatoms. The van der Waals surface area contributed by atoms with Crippen molar-refractivity contribution in [2.75, 3.05) is 11.4 Å². The number of nitrogens with zero attached hydrogens (tertiary/aromatic N) is 1. The van der Waals surface area contributed by atoms with Gasteiger partial charge in [-0.2, -0.15) is 0 Å². The molecule has 2 unspecified atom stereocenters. The Morgan fingerprint density at radius 2 is 2.10 bits per heavy atom. The molecule has 1 aromatic carbocycles. The summed E-state index contributed by atoms with van der Waals surface area (Å²) in [6, 6.07) is 6.42. The summed E-state index contributed by atoms with van der Waals surface area (Å²) in [5, 5.41) is 9.48. The Kier molecular flexibility index (Phi) is 4.20. The molecule has 2 atom stereocenters. The Labute approximate surface area is 130 Å². The molecule has 1 aliphatic carbocycles. The van der Waals surface area contributed by atoms with Gasteiger partial charge in [0.1, 0.15) is 0 Å². The standard InChI is InChI=1S/C17H20ClNO2/c18-14-5-3-7-16(13(14)8-9-17(20)21)19-11-10-12-4-1-2-6-15(12)19/h3,5,7-9,12,15H,1-2,4,6,10-11H2,(H,20,21)/b9-8+. The molecule has 112 valence electrons. The predicted molar refractivity (Wildman–Crippen MR) is 85.8 cm³/mol. The summed E-state index contributed by atoms with van der Waals surface area (Å²) in [6.45, 7) is 1.05. The molecule has 0 amide bonds. The zero-order valence-corrected chi connectivity index (χ0v) is 12.7. The fraction of sp³-hybridized carbons (Fsp3) is 0.471. The van der Waals surface area contributed by atoms with Crippen LogP contribution in [0.1, 0.15) is 37.7 Å². The zero-order chi connectivity index (χ0) is 14.8. The number of aliphatic carboxylic acids is 1. The Hall–Kier alpha value is -1.48. The lowest BCUT2D eigenvalue weighted by Gasteiger charge is -2.34. The molecule has 1 saturated heterocycles. The number of benzene rings is 1. The van der Waals surface area contributed by atoms with Gasteiger partial charge in [-0.05, 0) is 43.4 Å². The first kappa shape index (κ1) is 14.5. The van der Waals surface area contributed by atoms with Crippen LogP contribution in [0.4, 0.5) is 5.69 Å². The Balaban J connectivity index is 1.94. The van der Waals surface area contributed by atoms with Crippen molar-refractivity contribution in [3.8, 4) is 0 Å². The number of carbonyl (C=O) groups is 1. The highest BCUT2D eigenvalue weighted by molar-refractivity contribution is 6.32. The lowest BCUT2D eigenvalue weighted by Crippen LogP contribution is -2.35. The van der Waals surface area contributed by atoms with Crippen LogP contribution >= 0.6 is 11.6 Å². The van der Waals surface area contributed by atoms with E-state index in [0.29, 0.717) is 11.1 Å². The summed E-state index contributed by atoms with van der Waals surface area (Å²) >= 11 is 6.30. The van der Waals surface area contributed by atoms with Gasteiger partial charge in [-0.15, -0.1) is 0 Å². The maximum atomic E-state index is 10.8. The van der Waals surface area contributed by atoms with Crippen molar-refractivity contribution >= 4 is 29.3 Å². The van der Waals surface area contributed by atoms with Gasteiger partial charge in [0.05, 0.1) is 0 Å². The summed E-state index contributed by atoms with van der Waals surface area (Å²) in [5.41, 5.74) is 1.90. The van der Waals surface area contributed by atoms with E-state index in [1.54, 1.807) is 6.08 Å². The van der Waals surface area contributed by atoms with E-state index in [1.807, 2.05) is 12.1 Å². The molecule has 21 heavy (non-hydrogen) atoms. The number of carboxylic acids is 1. The summed E-state index contributed by atoms with van der Waals surface area (Å²) in [6.07, 6.45) is 9.21. The summed E-state index contributed by atoms with van der Waals surface area (Å²) < 4.78 is 0. The lowest BCUT2D eigenvalue weighted by atomic mass is 9.85. The average Bonchev–Trinajstić information content (AvgIpc) is 2.89. The number of carboxylic acid groups (broad SMARTS) is 1. The number of hydrogen-bond donors (Lipinski definition) is 1. The number of fused-ring (bicyclic) bond motifs is 1. The molecule has 2 fully saturated rings. The van der Waals surface area contributed by atoms with Crippen LogP contribution in [0, 0.1) is 5.92 Å². The fourth-order valence-corrected chi connectivity index (χ4v) is 4.03. The van der Waals surface area contributed by atoms with Crippen molar-refractivity contribution < 1.29 is 9.90 Å². The molecule has 0 bridgehead atoms. The maximum Gasteiger partial charge on any atom is 0.328 e. The quantitative estimate of drug-likeness (QED) is 0.851. The molecule has 1 heterocycles. The van der Waals surface area contributed by atoms with Gasteiger partial charge >= 0.3 is 5.97 Å². The van der Waals surface area contributed by atoms with Crippen LogP contribution in [0.25, 0.3) is 6.08 Å². The average molecular weight is 306 g/mol. The first-order chi connectivity index (χ1) is 10.2. The van der Waals surface area contributed by atoms with Gasteiger partial charge < -0.3 is 10.0 Å². The molecule has 0 radical (unpaired) electrons. The van der Waals surface area contributed by atoms with Gasteiger partial charge in [0.15, 0.2) is 0 Å². The van der Waals surface area contributed by atoms with Crippen LogP contribution in [0.2, 0.25) is 5.02 Å². The fourth-order valence-electron chi connectivity index (χ4n) is 3.80. The second kappa shape index (κ2) is 6.10. The molecule has 3 rings (SSSR count). The number of anilines is 1. The van der Waals surface area contributed by atoms with Crippen molar-refractivity contribution in [2.24, 2.45) is 5.92 Å². The first-order valence-electron chi connectivity index (χ1n) is 7.63. The van der Waals surface area contributed by atoms with Crippen LogP contribution in [0.15, 0.2) is 24.3 Å². The molecule has 1 aromatic rings. The van der Waals surface area contributed by atoms with E-state index in [-0.39, 0.29) is 0 Å². The predicted octanol–water partition coefficient (Wildman–Crippen LogP) is 4.21. The smallest absolute Gasteiger partial charge is 0.328 e. The van der Waals surface area contributed by atoms with E-state index in [2.05, 4.69) is 11.0 Å². The van der Waals surface area contributed by atoms with Gasteiger partial charge in [-0.25, -0.2) is 4.79 Å². The molecular formula is C17H20ClNO2. The number of halogens is 1.